The van der Waals surface area contributed by atoms with Crippen LogP contribution in [0.3, 0.4) is 0 Å². The maximum absolute atomic E-state index is 13.4. The predicted molar refractivity (Wildman–Crippen MR) is 60.9 cm³/mol. The Balaban J connectivity index is 2.02. The number of benzene rings is 1. The van der Waals surface area contributed by atoms with Crippen molar-refractivity contribution >= 4 is 17.5 Å². The van der Waals surface area contributed by atoms with Gasteiger partial charge in [-0.3, -0.25) is 4.79 Å². The zero-order chi connectivity index (χ0) is 11.5. The van der Waals surface area contributed by atoms with Gasteiger partial charge in [-0.2, -0.15) is 0 Å². The maximum Gasteiger partial charge on any atom is 0.222 e. The molecule has 0 spiro atoms. The molecule has 2 nitrogen and oxygen atoms in total. The molecule has 0 aliphatic carbocycles. The molecule has 1 aliphatic heterocycles. The molecule has 2 rings (SSSR count). The molecule has 1 aromatic carbocycles. The van der Waals surface area contributed by atoms with Crippen molar-refractivity contribution in [2.75, 3.05) is 13.1 Å². The minimum Gasteiger partial charge on any atom is -0.342 e. The van der Waals surface area contributed by atoms with Crippen molar-refractivity contribution in [1.29, 1.82) is 0 Å². The average molecular weight is 242 g/mol. The fraction of sp³-hybridized carbons (Fsp3) is 0.417. The highest BCUT2D eigenvalue weighted by Crippen LogP contribution is 2.20. The molecule has 16 heavy (non-hydrogen) atoms. The Morgan fingerprint density at radius 1 is 1.44 bits per heavy atom. The summed E-state index contributed by atoms with van der Waals surface area (Å²) in [6.07, 6.45) is 2.01. The summed E-state index contributed by atoms with van der Waals surface area (Å²) in [5.41, 5.74) is 0.504. The Kier molecular flexibility index (Phi) is 3.44. The molecule has 1 saturated heterocycles. The molecular formula is C12H13ClFNO. The Hall–Kier alpha value is -1.09. The molecule has 86 valence electrons. The fourth-order valence-electron chi connectivity index (χ4n) is 1.96. The molecule has 0 radical (unpaired) electrons. The van der Waals surface area contributed by atoms with Crippen LogP contribution in [0.25, 0.3) is 0 Å². The normalized spacial score (nSPS) is 15.9. The second kappa shape index (κ2) is 4.83. The van der Waals surface area contributed by atoms with Gasteiger partial charge < -0.3 is 4.90 Å². The van der Waals surface area contributed by atoms with E-state index in [0.29, 0.717) is 30.0 Å². The number of likely N-dealkylation sites (tertiary alicyclic amines) is 1. The average Bonchev–Trinajstić information content (AvgIpc) is 2.64. The Morgan fingerprint density at radius 2 is 2.25 bits per heavy atom. The van der Waals surface area contributed by atoms with E-state index in [1.54, 1.807) is 17.0 Å². The van der Waals surface area contributed by atoms with Crippen LogP contribution in [0.1, 0.15) is 18.4 Å². The smallest absolute Gasteiger partial charge is 0.222 e. The van der Waals surface area contributed by atoms with Gasteiger partial charge >= 0.3 is 0 Å². The van der Waals surface area contributed by atoms with E-state index in [1.165, 1.54) is 6.07 Å². The number of hydrogen-bond donors (Lipinski definition) is 0. The monoisotopic (exact) mass is 241 g/mol. The molecule has 0 atom stereocenters. The minimum atomic E-state index is -0.292. The highest BCUT2D eigenvalue weighted by atomic mass is 35.5. The van der Waals surface area contributed by atoms with Gasteiger partial charge in [0.05, 0.1) is 0 Å². The number of carbonyl (C=O) groups is 1. The Morgan fingerprint density at radius 3 is 2.88 bits per heavy atom. The lowest BCUT2D eigenvalue weighted by atomic mass is 10.1. The molecule has 0 aromatic heterocycles. The molecule has 0 bridgehead atoms. The number of carbonyl (C=O) groups excluding carboxylic acids is 1. The second-order valence-electron chi connectivity index (χ2n) is 3.93. The van der Waals surface area contributed by atoms with Crippen molar-refractivity contribution in [3.63, 3.8) is 0 Å². The predicted octanol–water partition coefficient (Wildman–Crippen LogP) is 2.64. The van der Waals surface area contributed by atoms with Gasteiger partial charge in [-0.1, -0.05) is 17.7 Å². The van der Waals surface area contributed by atoms with Crippen molar-refractivity contribution in [1.82, 2.24) is 4.90 Å². The second-order valence-corrected chi connectivity index (χ2v) is 4.34. The van der Waals surface area contributed by atoms with Crippen LogP contribution in [0, 0.1) is 5.82 Å². The summed E-state index contributed by atoms with van der Waals surface area (Å²) in [5.74, 6) is -0.133. The van der Waals surface area contributed by atoms with Crippen molar-refractivity contribution in [2.24, 2.45) is 0 Å². The number of rotatable bonds is 3. The molecule has 0 saturated carbocycles. The molecule has 1 heterocycles. The van der Waals surface area contributed by atoms with Crippen LogP contribution in [0.15, 0.2) is 18.2 Å². The molecule has 1 fully saturated rings. The van der Waals surface area contributed by atoms with Gasteiger partial charge in [0.15, 0.2) is 0 Å². The van der Waals surface area contributed by atoms with Crippen LogP contribution >= 0.6 is 11.6 Å². The lowest BCUT2D eigenvalue weighted by Crippen LogP contribution is -2.27. The van der Waals surface area contributed by atoms with Crippen molar-refractivity contribution in [3.05, 3.63) is 34.6 Å². The quantitative estimate of drug-likeness (QED) is 0.797. The lowest BCUT2D eigenvalue weighted by Gasteiger charge is -2.15. The molecule has 0 N–H and O–H groups in total. The topological polar surface area (TPSA) is 20.3 Å². The highest BCUT2D eigenvalue weighted by molar-refractivity contribution is 6.31. The Labute approximate surface area is 99.0 Å². The van der Waals surface area contributed by atoms with Crippen LogP contribution in [-0.2, 0) is 11.2 Å². The van der Waals surface area contributed by atoms with Gasteiger partial charge in [-0.25, -0.2) is 4.39 Å². The van der Waals surface area contributed by atoms with E-state index in [2.05, 4.69) is 0 Å². The van der Waals surface area contributed by atoms with Gasteiger partial charge in [-0.15, -0.1) is 0 Å². The van der Waals surface area contributed by atoms with Crippen LogP contribution in [0.4, 0.5) is 4.39 Å². The summed E-state index contributed by atoms with van der Waals surface area (Å²) in [4.78, 5) is 13.1. The zero-order valence-corrected chi connectivity index (χ0v) is 9.63. The number of halogens is 2. The van der Waals surface area contributed by atoms with E-state index in [4.69, 9.17) is 11.6 Å². The van der Waals surface area contributed by atoms with Crippen LogP contribution < -0.4 is 0 Å². The molecule has 1 amide bonds. The third-order valence-electron chi connectivity index (χ3n) is 2.86. The maximum atomic E-state index is 13.4. The first-order chi connectivity index (χ1) is 7.68. The summed E-state index contributed by atoms with van der Waals surface area (Å²) in [6.45, 7) is 1.34. The standard InChI is InChI=1S/C12H13ClFNO/c13-10-3-1-4-11(14)9(10)6-8-15-7-2-5-12(15)16/h1,3-4H,2,5-8H2. The summed E-state index contributed by atoms with van der Waals surface area (Å²) < 4.78 is 13.4. The number of amides is 1. The van der Waals surface area contributed by atoms with E-state index in [9.17, 15) is 9.18 Å². The van der Waals surface area contributed by atoms with E-state index in [1.807, 2.05) is 0 Å². The zero-order valence-electron chi connectivity index (χ0n) is 8.88. The first-order valence-electron chi connectivity index (χ1n) is 5.39. The van der Waals surface area contributed by atoms with Crippen LogP contribution in [0.2, 0.25) is 5.02 Å². The largest absolute Gasteiger partial charge is 0.342 e. The van der Waals surface area contributed by atoms with E-state index < -0.39 is 0 Å². The molecular weight excluding hydrogens is 229 g/mol. The molecule has 4 heteroatoms. The number of nitrogens with zero attached hydrogens (tertiary/aromatic N) is 1. The third-order valence-corrected chi connectivity index (χ3v) is 3.22. The van der Waals surface area contributed by atoms with E-state index in [-0.39, 0.29) is 11.7 Å². The van der Waals surface area contributed by atoms with E-state index in [0.717, 1.165) is 13.0 Å². The van der Waals surface area contributed by atoms with Gasteiger partial charge in [0.1, 0.15) is 5.82 Å². The van der Waals surface area contributed by atoms with Crippen LogP contribution in [-0.4, -0.2) is 23.9 Å². The fourth-order valence-corrected chi connectivity index (χ4v) is 2.22. The van der Waals surface area contributed by atoms with E-state index >= 15 is 0 Å². The lowest BCUT2D eigenvalue weighted by molar-refractivity contribution is -0.127. The first-order valence-corrected chi connectivity index (χ1v) is 5.77. The van der Waals surface area contributed by atoms with Gasteiger partial charge in [0.2, 0.25) is 5.91 Å². The highest BCUT2D eigenvalue weighted by Gasteiger charge is 2.20. The Bertz CT molecular complexity index is 388. The summed E-state index contributed by atoms with van der Waals surface area (Å²) in [6, 6.07) is 4.65. The van der Waals surface area contributed by atoms with Crippen molar-refractivity contribution in [3.8, 4) is 0 Å². The minimum absolute atomic E-state index is 0.160. The van der Waals surface area contributed by atoms with Gasteiger partial charge in [0.25, 0.3) is 0 Å². The molecule has 1 aliphatic rings. The van der Waals surface area contributed by atoms with Gasteiger partial charge in [-0.05, 0) is 25.0 Å². The third kappa shape index (κ3) is 2.35. The SMILES string of the molecule is O=C1CCCN1CCc1c(F)cccc1Cl. The first kappa shape index (κ1) is 11.4. The summed E-state index contributed by atoms with van der Waals surface area (Å²) in [7, 11) is 0. The van der Waals surface area contributed by atoms with Crippen LogP contribution in [0.5, 0.6) is 0 Å². The van der Waals surface area contributed by atoms with Gasteiger partial charge in [0, 0.05) is 30.1 Å². The molecule has 0 unspecified atom stereocenters. The summed E-state index contributed by atoms with van der Waals surface area (Å²) in [5, 5.41) is 0.437. The summed E-state index contributed by atoms with van der Waals surface area (Å²) >= 11 is 5.91. The van der Waals surface area contributed by atoms with Crippen molar-refractivity contribution in [2.45, 2.75) is 19.3 Å². The molecule has 1 aromatic rings. The number of hydrogen-bond acceptors (Lipinski definition) is 1. The van der Waals surface area contributed by atoms with Crippen molar-refractivity contribution < 1.29 is 9.18 Å².